The number of nitrogens with one attached hydrogen (secondary N) is 1. The quantitative estimate of drug-likeness (QED) is 0.600. The highest BCUT2D eigenvalue weighted by molar-refractivity contribution is 9.10. The van der Waals surface area contributed by atoms with Gasteiger partial charge in [-0.3, -0.25) is 19.3 Å². The number of benzene rings is 2. The maximum Gasteiger partial charge on any atom is 0.294 e. The summed E-state index contributed by atoms with van der Waals surface area (Å²) in [5.74, 6) is -0.835. The number of methoxy groups -OCH3 is 1. The molecule has 9 heteroatoms. The normalized spacial score (nSPS) is 15.1. The predicted octanol–water partition coefficient (Wildman–Crippen LogP) is 4.46. The molecule has 3 amide bonds. The average molecular weight is 491 g/mol. The van der Waals surface area contributed by atoms with Gasteiger partial charge in [-0.05, 0) is 60.5 Å². The standard InChI is InChI=1S/C21H19BrN2O5S/c1-11-5-4-6-12(2)19(11)23-18(26)10-24-20(27)17(30-21(24)28)8-13-7-16(29-3)15(25)9-14(13)22/h4-9,25H,10H2,1-3H3,(H,23,26)/b17-8-. The third-order valence-corrected chi connectivity index (χ3v) is 6.10. The van der Waals surface area contributed by atoms with Crippen LogP contribution >= 0.6 is 27.7 Å². The van der Waals surface area contributed by atoms with Crippen molar-refractivity contribution in [1.82, 2.24) is 4.90 Å². The Kier molecular flexibility index (Phi) is 6.52. The number of nitrogens with zero attached hydrogens (tertiary/aromatic N) is 1. The first-order valence-electron chi connectivity index (χ1n) is 8.89. The lowest BCUT2D eigenvalue weighted by Crippen LogP contribution is -2.36. The van der Waals surface area contributed by atoms with Crippen molar-refractivity contribution in [3.05, 3.63) is 56.4 Å². The number of halogens is 1. The van der Waals surface area contributed by atoms with Crippen molar-refractivity contribution in [3.8, 4) is 11.5 Å². The second kappa shape index (κ2) is 8.93. The largest absolute Gasteiger partial charge is 0.504 e. The van der Waals surface area contributed by atoms with Crippen LogP contribution in [-0.2, 0) is 9.59 Å². The number of anilines is 1. The minimum atomic E-state index is -0.555. The maximum absolute atomic E-state index is 12.7. The Hall–Kier alpha value is -2.78. The van der Waals surface area contributed by atoms with Crippen LogP contribution in [0.15, 0.2) is 39.7 Å². The summed E-state index contributed by atoms with van der Waals surface area (Å²) in [6, 6.07) is 8.61. The first-order valence-corrected chi connectivity index (χ1v) is 10.5. The number of phenols is 1. The number of ether oxygens (including phenoxy) is 1. The molecule has 2 aromatic carbocycles. The molecule has 1 aliphatic rings. The molecule has 0 atom stereocenters. The van der Waals surface area contributed by atoms with E-state index >= 15 is 0 Å². The van der Waals surface area contributed by atoms with E-state index in [2.05, 4.69) is 21.2 Å². The zero-order valence-corrected chi connectivity index (χ0v) is 18.9. The summed E-state index contributed by atoms with van der Waals surface area (Å²) < 4.78 is 5.61. The molecule has 1 saturated heterocycles. The number of carbonyl (C=O) groups is 3. The highest BCUT2D eigenvalue weighted by atomic mass is 79.9. The third kappa shape index (κ3) is 4.52. The van der Waals surface area contributed by atoms with Crippen molar-refractivity contribution in [3.63, 3.8) is 0 Å². The summed E-state index contributed by atoms with van der Waals surface area (Å²) >= 11 is 4.07. The molecule has 0 spiro atoms. The molecule has 0 aromatic heterocycles. The van der Waals surface area contributed by atoms with Gasteiger partial charge in [-0.15, -0.1) is 0 Å². The van der Waals surface area contributed by atoms with Crippen molar-refractivity contribution in [2.24, 2.45) is 0 Å². The van der Waals surface area contributed by atoms with Gasteiger partial charge in [0.1, 0.15) is 6.54 Å². The highest BCUT2D eigenvalue weighted by Gasteiger charge is 2.36. The molecule has 0 saturated carbocycles. The van der Waals surface area contributed by atoms with E-state index in [1.165, 1.54) is 19.3 Å². The Labute approximate surface area is 186 Å². The second-order valence-electron chi connectivity index (χ2n) is 6.63. The van der Waals surface area contributed by atoms with E-state index in [1.807, 2.05) is 32.0 Å². The third-order valence-electron chi connectivity index (χ3n) is 4.51. The lowest BCUT2D eigenvalue weighted by Gasteiger charge is -2.15. The van der Waals surface area contributed by atoms with Crippen LogP contribution in [0.25, 0.3) is 6.08 Å². The maximum atomic E-state index is 12.7. The number of para-hydroxylation sites is 1. The minimum absolute atomic E-state index is 0.0576. The van der Waals surface area contributed by atoms with Crippen molar-refractivity contribution in [1.29, 1.82) is 0 Å². The molecular formula is C21H19BrN2O5S. The summed E-state index contributed by atoms with van der Waals surface area (Å²) in [7, 11) is 1.41. The number of rotatable bonds is 5. The molecule has 2 aromatic rings. The molecule has 156 valence electrons. The molecule has 2 N–H and O–H groups in total. The fourth-order valence-electron chi connectivity index (χ4n) is 2.94. The smallest absolute Gasteiger partial charge is 0.294 e. The van der Waals surface area contributed by atoms with Crippen molar-refractivity contribution < 1.29 is 24.2 Å². The number of phenolic OH excluding ortho intramolecular Hbond substituents is 1. The van der Waals surface area contributed by atoms with E-state index in [-0.39, 0.29) is 22.9 Å². The zero-order valence-electron chi connectivity index (χ0n) is 16.5. The van der Waals surface area contributed by atoms with E-state index < -0.39 is 17.1 Å². The average Bonchev–Trinajstić information content (AvgIpc) is 2.94. The zero-order chi connectivity index (χ0) is 22.0. The summed E-state index contributed by atoms with van der Waals surface area (Å²) in [6.07, 6.45) is 1.51. The van der Waals surface area contributed by atoms with Gasteiger partial charge in [-0.25, -0.2) is 0 Å². The monoisotopic (exact) mass is 490 g/mol. The van der Waals surface area contributed by atoms with E-state index in [4.69, 9.17) is 4.74 Å². The number of imide groups is 1. The lowest BCUT2D eigenvalue weighted by atomic mass is 10.1. The number of carbonyl (C=O) groups excluding carboxylic acids is 3. The Morgan fingerprint density at radius 1 is 1.27 bits per heavy atom. The van der Waals surface area contributed by atoms with Crippen LogP contribution < -0.4 is 10.1 Å². The first-order chi connectivity index (χ1) is 14.2. The molecular weight excluding hydrogens is 472 g/mol. The van der Waals surface area contributed by atoms with E-state index in [9.17, 15) is 19.5 Å². The molecule has 0 unspecified atom stereocenters. The molecule has 0 bridgehead atoms. The SMILES string of the molecule is COc1cc(/C=C2\SC(=O)N(CC(=O)Nc3c(C)cccc3C)C2=O)c(Br)cc1O. The number of aryl methyl sites for hydroxylation is 2. The molecule has 1 aliphatic heterocycles. The van der Waals surface area contributed by atoms with Crippen molar-refractivity contribution >= 4 is 56.5 Å². The van der Waals surface area contributed by atoms with Crippen LogP contribution in [0.4, 0.5) is 10.5 Å². The van der Waals surface area contributed by atoms with Gasteiger partial charge < -0.3 is 15.2 Å². The van der Waals surface area contributed by atoms with Crippen LogP contribution in [0.2, 0.25) is 0 Å². The van der Waals surface area contributed by atoms with E-state index in [0.717, 1.165) is 27.8 Å². The Morgan fingerprint density at radius 2 is 1.93 bits per heavy atom. The predicted molar refractivity (Wildman–Crippen MR) is 120 cm³/mol. The van der Waals surface area contributed by atoms with Crippen molar-refractivity contribution in [2.75, 3.05) is 19.0 Å². The van der Waals surface area contributed by atoms with Gasteiger partial charge in [-0.2, -0.15) is 0 Å². The molecule has 7 nitrogen and oxygen atoms in total. The van der Waals surface area contributed by atoms with Gasteiger partial charge in [0, 0.05) is 10.2 Å². The van der Waals surface area contributed by atoms with Crippen LogP contribution in [-0.4, -0.2) is 40.7 Å². The number of hydrogen-bond donors (Lipinski definition) is 2. The van der Waals surface area contributed by atoms with Crippen LogP contribution in [0, 0.1) is 13.8 Å². The molecule has 3 rings (SSSR count). The Balaban J connectivity index is 1.78. The van der Waals surface area contributed by atoms with E-state index in [1.54, 1.807) is 6.07 Å². The number of hydrogen-bond acceptors (Lipinski definition) is 6. The second-order valence-corrected chi connectivity index (χ2v) is 8.48. The van der Waals surface area contributed by atoms with Crippen LogP contribution in [0.5, 0.6) is 11.5 Å². The molecule has 30 heavy (non-hydrogen) atoms. The van der Waals surface area contributed by atoms with Gasteiger partial charge in [0.2, 0.25) is 5.91 Å². The van der Waals surface area contributed by atoms with Crippen LogP contribution in [0.3, 0.4) is 0 Å². The fraction of sp³-hybridized carbons (Fsp3) is 0.190. The Bertz CT molecular complexity index is 1060. The molecule has 1 fully saturated rings. The van der Waals surface area contributed by atoms with Gasteiger partial charge >= 0.3 is 0 Å². The number of amides is 3. The van der Waals surface area contributed by atoms with Gasteiger partial charge in [0.15, 0.2) is 11.5 Å². The number of aromatic hydroxyl groups is 1. The molecule has 0 radical (unpaired) electrons. The Morgan fingerprint density at radius 3 is 2.57 bits per heavy atom. The molecule has 0 aliphatic carbocycles. The summed E-state index contributed by atoms with van der Waals surface area (Å²) in [6.45, 7) is 3.36. The van der Waals surface area contributed by atoms with Crippen molar-refractivity contribution in [2.45, 2.75) is 13.8 Å². The highest BCUT2D eigenvalue weighted by Crippen LogP contribution is 2.37. The summed E-state index contributed by atoms with van der Waals surface area (Å²) in [4.78, 5) is 38.6. The lowest BCUT2D eigenvalue weighted by molar-refractivity contribution is -0.127. The van der Waals surface area contributed by atoms with Gasteiger partial charge in [0.25, 0.3) is 11.1 Å². The number of thioether (sulfide) groups is 1. The first kappa shape index (κ1) is 21.9. The van der Waals surface area contributed by atoms with Crippen LogP contribution in [0.1, 0.15) is 16.7 Å². The summed E-state index contributed by atoms with van der Waals surface area (Å²) in [5, 5.41) is 12.1. The van der Waals surface area contributed by atoms with E-state index in [0.29, 0.717) is 15.7 Å². The molecule has 1 heterocycles. The minimum Gasteiger partial charge on any atom is -0.504 e. The fourth-order valence-corrected chi connectivity index (χ4v) is 4.22. The van der Waals surface area contributed by atoms with Gasteiger partial charge in [-0.1, -0.05) is 34.1 Å². The van der Waals surface area contributed by atoms with Gasteiger partial charge in [0.05, 0.1) is 12.0 Å². The summed E-state index contributed by atoms with van der Waals surface area (Å²) in [5.41, 5.74) is 3.01. The topological polar surface area (TPSA) is 95.9 Å².